The highest BCUT2D eigenvalue weighted by atomic mass is 16.5. The Bertz CT molecular complexity index is 422. The second-order valence-electron chi connectivity index (χ2n) is 5.92. The fraction of sp³-hybridized carbons (Fsp3) is 0.647. The van der Waals surface area contributed by atoms with Gasteiger partial charge >= 0.3 is 0 Å². The van der Waals surface area contributed by atoms with Crippen molar-refractivity contribution >= 4 is 0 Å². The van der Waals surface area contributed by atoms with E-state index in [-0.39, 0.29) is 6.10 Å². The molecule has 1 aromatic carbocycles. The van der Waals surface area contributed by atoms with Crippen molar-refractivity contribution in [1.29, 1.82) is 0 Å². The van der Waals surface area contributed by atoms with Gasteiger partial charge in [0.2, 0.25) is 0 Å². The van der Waals surface area contributed by atoms with Gasteiger partial charge in [0.1, 0.15) is 0 Å². The van der Waals surface area contributed by atoms with Crippen LogP contribution in [-0.4, -0.2) is 18.3 Å². The molecule has 0 bridgehead atoms. The fourth-order valence-electron chi connectivity index (χ4n) is 2.95. The maximum absolute atomic E-state index is 10.6. The summed E-state index contributed by atoms with van der Waals surface area (Å²) >= 11 is 0. The van der Waals surface area contributed by atoms with Gasteiger partial charge in [0.25, 0.3) is 0 Å². The Hall–Kier alpha value is -1.22. The summed E-state index contributed by atoms with van der Waals surface area (Å²) in [5.41, 5.74) is 0.938. The molecular formula is C17H26O3. The van der Waals surface area contributed by atoms with E-state index >= 15 is 0 Å². The van der Waals surface area contributed by atoms with Crippen molar-refractivity contribution in [1.82, 2.24) is 0 Å². The van der Waals surface area contributed by atoms with E-state index in [2.05, 4.69) is 0 Å². The predicted octanol–water partition coefficient (Wildman–Crippen LogP) is 4.10. The van der Waals surface area contributed by atoms with Crippen LogP contribution >= 0.6 is 0 Å². The second-order valence-corrected chi connectivity index (χ2v) is 5.92. The number of aliphatic hydroxyl groups is 1. The van der Waals surface area contributed by atoms with Gasteiger partial charge in [0.05, 0.1) is 19.3 Å². The highest BCUT2D eigenvalue weighted by molar-refractivity contribution is 5.43. The molecule has 0 aliphatic heterocycles. The first kappa shape index (κ1) is 15.2. The van der Waals surface area contributed by atoms with Crippen LogP contribution in [0.15, 0.2) is 18.2 Å². The quantitative estimate of drug-likeness (QED) is 0.881. The summed E-state index contributed by atoms with van der Waals surface area (Å²) in [7, 11) is 1.64. The lowest BCUT2D eigenvalue weighted by molar-refractivity contribution is 0.0843. The Morgan fingerprint density at radius 1 is 1.10 bits per heavy atom. The van der Waals surface area contributed by atoms with Crippen LogP contribution in [0.4, 0.5) is 0 Å². The van der Waals surface area contributed by atoms with E-state index in [1.165, 1.54) is 19.3 Å². The average Bonchev–Trinajstić information content (AvgIpc) is 2.46. The molecule has 0 aromatic heterocycles. The number of benzene rings is 1. The fourth-order valence-corrected chi connectivity index (χ4v) is 2.95. The molecule has 112 valence electrons. The van der Waals surface area contributed by atoms with Crippen molar-refractivity contribution in [3.8, 4) is 11.5 Å². The average molecular weight is 278 g/mol. The van der Waals surface area contributed by atoms with Crippen LogP contribution in [0.1, 0.15) is 57.6 Å². The number of ether oxygens (including phenoxy) is 2. The first-order valence-corrected chi connectivity index (χ1v) is 7.64. The molecule has 1 aliphatic rings. The van der Waals surface area contributed by atoms with Crippen LogP contribution in [0.2, 0.25) is 0 Å². The lowest BCUT2D eigenvalue weighted by atomic mass is 9.83. The molecule has 20 heavy (non-hydrogen) atoms. The monoisotopic (exact) mass is 278 g/mol. The molecule has 1 atom stereocenters. The molecule has 2 rings (SSSR count). The molecule has 0 saturated heterocycles. The second kappa shape index (κ2) is 6.98. The molecule has 0 unspecified atom stereocenters. The van der Waals surface area contributed by atoms with Gasteiger partial charge in [-0.3, -0.25) is 0 Å². The van der Waals surface area contributed by atoms with Crippen LogP contribution in [0.25, 0.3) is 0 Å². The number of hydrogen-bond acceptors (Lipinski definition) is 3. The lowest BCUT2D eigenvalue weighted by Crippen LogP contribution is -2.16. The zero-order valence-electron chi connectivity index (χ0n) is 12.8. The number of aliphatic hydroxyl groups excluding tert-OH is 1. The van der Waals surface area contributed by atoms with Crippen molar-refractivity contribution in [2.45, 2.75) is 58.2 Å². The van der Waals surface area contributed by atoms with Gasteiger partial charge in [-0.2, -0.15) is 0 Å². The van der Waals surface area contributed by atoms with E-state index in [1.54, 1.807) is 7.11 Å². The van der Waals surface area contributed by atoms with Crippen molar-refractivity contribution in [2.75, 3.05) is 7.11 Å². The zero-order chi connectivity index (χ0) is 14.5. The van der Waals surface area contributed by atoms with Crippen LogP contribution in [0.5, 0.6) is 11.5 Å². The summed E-state index contributed by atoms with van der Waals surface area (Å²) in [6.45, 7) is 3.98. The van der Waals surface area contributed by atoms with Gasteiger partial charge in [-0.15, -0.1) is 0 Å². The summed E-state index contributed by atoms with van der Waals surface area (Å²) < 4.78 is 11.1. The van der Waals surface area contributed by atoms with E-state index in [0.29, 0.717) is 5.92 Å². The molecule has 1 aromatic rings. The van der Waals surface area contributed by atoms with Crippen LogP contribution < -0.4 is 9.47 Å². The molecular weight excluding hydrogens is 252 g/mol. The van der Waals surface area contributed by atoms with Crippen molar-refractivity contribution < 1.29 is 14.6 Å². The van der Waals surface area contributed by atoms with Crippen molar-refractivity contribution in [3.05, 3.63) is 23.8 Å². The minimum Gasteiger partial charge on any atom is -0.493 e. The van der Waals surface area contributed by atoms with Crippen LogP contribution in [0, 0.1) is 5.92 Å². The first-order chi connectivity index (χ1) is 9.61. The number of rotatable bonds is 5. The van der Waals surface area contributed by atoms with Gasteiger partial charge in [-0.05, 0) is 50.3 Å². The van der Waals surface area contributed by atoms with Gasteiger partial charge in [0.15, 0.2) is 11.5 Å². The summed E-state index contributed by atoms with van der Waals surface area (Å²) in [5.74, 6) is 1.82. The van der Waals surface area contributed by atoms with E-state index in [0.717, 1.165) is 29.9 Å². The number of hydrogen-bond donors (Lipinski definition) is 1. The Labute approximate surface area is 121 Å². The molecule has 0 radical (unpaired) electrons. The Kier molecular flexibility index (Phi) is 5.30. The highest BCUT2D eigenvalue weighted by Crippen LogP contribution is 2.37. The van der Waals surface area contributed by atoms with E-state index in [9.17, 15) is 5.11 Å². The standard InChI is InChI=1S/C17H26O3/c1-12(2)20-16-11-14(9-10-15(16)19-3)17(18)13-7-5-4-6-8-13/h9-13,17-18H,4-8H2,1-3H3/t17-/m1/s1. The smallest absolute Gasteiger partial charge is 0.161 e. The molecule has 0 heterocycles. The third-order valence-electron chi connectivity index (χ3n) is 3.99. The van der Waals surface area contributed by atoms with E-state index < -0.39 is 6.10 Å². The van der Waals surface area contributed by atoms with Crippen molar-refractivity contribution in [3.63, 3.8) is 0 Å². The lowest BCUT2D eigenvalue weighted by Gasteiger charge is -2.27. The molecule has 3 nitrogen and oxygen atoms in total. The minimum atomic E-state index is -0.393. The zero-order valence-corrected chi connectivity index (χ0v) is 12.8. The molecule has 1 fully saturated rings. The highest BCUT2D eigenvalue weighted by Gasteiger charge is 2.24. The molecule has 0 spiro atoms. The Morgan fingerprint density at radius 3 is 2.40 bits per heavy atom. The first-order valence-electron chi connectivity index (χ1n) is 7.64. The van der Waals surface area contributed by atoms with E-state index in [1.807, 2.05) is 32.0 Å². The Balaban J connectivity index is 2.18. The normalized spacial score (nSPS) is 18.1. The molecule has 1 aliphatic carbocycles. The number of methoxy groups -OCH3 is 1. The maximum atomic E-state index is 10.6. The van der Waals surface area contributed by atoms with Crippen molar-refractivity contribution in [2.24, 2.45) is 5.92 Å². The molecule has 0 amide bonds. The maximum Gasteiger partial charge on any atom is 0.161 e. The molecule has 1 saturated carbocycles. The summed E-state index contributed by atoms with van der Waals surface area (Å²) in [4.78, 5) is 0. The third kappa shape index (κ3) is 3.66. The Morgan fingerprint density at radius 2 is 1.80 bits per heavy atom. The van der Waals surface area contributed by atoms with Gasteiger partial charge in [-0.1, -0.05) is 25.3 Å². The van der Waals surface area contributed by atoms with Gasteiger partial charge in [0, 0.05) is 0 Å². The summed E-state index contributed by atoms with van der Waals surface area (Å²) in [6.07, 6.45) is 5.69. The summed E-state index contributed by atoms with van der Waals surface area (Å²) in [5, 5.41) is 10.6. The largest absolute Gasteiger partial charge is 0.493 e. The molecule has 1 N–H and O–H groups in total. The summed E-state index contributed by atoms with van der Waals surface area (Å²) in [6, 6.07) is 5.77. The molecule has 3 heteroatoms. The van der Waals surface area contributed by atoms with Gasteiger partial charge in [-0.25, -0.2) is 0 Å². The van der Waals surface area contributed by atoms with Crippen LogP contribution in [-0.2, 0) is 0 Å². The predicted molar refractivity (Wildman–Crippen MR) is 80.3 cm³/mol. The van der Waals surface area contributed by atoms with Crippen LogP contribution in [0.3, 0.4) is 0 Å². The topological polar surface area (TPSA) is 38.7 Å². The third-order valence-corrected chi connectivity index (χ3v) is 3.99. The van der Waals surface area contributed by atoms with Gasteiger partial charge < -0.3 is 14.6 Å². The van der Waals surface area contributed by atoms with E-state index in [4.69, 9.17) is 9.47 Å². The SMILES string of the molecule is COc1ccc([C@H](O)C2CCCCC2)cc1OC(C)C. The minimum absolute atomic E-state index is 0.0889.